The van der Waals surface area contributed by atoms with E-state index in [2.05, 4.69) is 38.7 Å². The highest BCUT2D eigenvalue weighted by Gasteiger charge is 2.22. The molecular formula is C24H34N4O2. The lowest BCUT2D eigenvalue weighted by Gasteiger charge is -2.15. The third-order valence-electron chi connectivity index (χ3n) is 4.98. The summed E-state index contributed by atoms with van der Waals surface area (Å²) < 4.78 is 11.8. The van der Waals surface area contributed by atoms with E-state index in [1.807, 2.05) is 44.4 Å². The number of rotatable bonds is 11. The van der Waals surface area contributed by atoms with Crippen molar-refractivity contribution < 1.29 is 9.47 Å². The zero-order chi connectivity index (χ0) is 21.2. The molecule has 0 aromatic heterocycles. The molecule has 1 aliphatic carbocycles. The van der Waals surface area contributed by atoms with Gasteiger partial charge in [0.15, 0.2) is 5.96 Å². The maximum absolute atomic E-state index is 6.00. The maximum atomic E-state index is 6.00. The fraction of sp³-hybridized carbons (Fsp3) is 0.458. The molecule has 6 heteroatoms. The Hall–Kier alpha value is -2.73. The normalized spacial score (nSPS) is 13.9. The van der Waals surface area contributed by atoms with Crippen LogP contribution in [0.3, 0.4) is 0 Å². The first-order valence-corrected chi connectivity index (χ1v) is 10.7. The van der Waals surface area contributed by atoms with E-state index in [0.717, 1.165) is 47.7 Å². The molecule has 0 unspecified atom stereocenters. The number of likely N-dealkylation sites (N-methyl/N-ethyl adjacent to an activating group) is 1. The van der Waals surface area contributed by atoms with Crippen molar-refractivity contribution in [1.29, 1.82) is 0 Å². The van der Waals surface area contributed by atoms with Gasteiger partial charge in [0.1, 0.15) is 18.1 Å². The van der Waals surface area contributed by atoms with E-state index in [9.17, 15) is 0 Å². The highest BCUT2D eigenvalue weighted by atomic mass is 16.5. The van der Waals surface area contributed by atoms with Crippen LogP contribution in [-0.2, 0) is 13.1 Å². The number of nitrogens with one attached hydrogen (secondary N) is 2. The van der Waals surface area contributed by atoms with E-state index in [1.54, 1.807) is 7.05 Å². The van der Waals surface area contributed by atoms with Crippen molar-refractivity contribution in [2.75, 3.05) is 40.9 Å². The summed E-state index contributed by atoms with van der Waals surface area (Å²) in [5, 5.41) is 6.75. The van der Waals surface area contributed by atoms with Crippen LogP contribution in [0, 0.1) is 5.92 Å². The molecule has 1 saturated carbocycles. The number of hydrogen-bond donors (Lipinski definition) is 2. The molecule has 0 amide bonds. The minimum absolute atomic E-state index is 0.661. The summed E-state index contributed by atoms with van der Waals surface area (Å²) in [5.41, 5.74) is 2.28. The molecule has 1 fully saturated rings. The molecule has 2 N–H and O–H groups in total. The van der Waals surface area contributed by atoms with Crippen LogP contribution in [0.2, 0.25) is 0 Å². The summed E-state index contributed by atoms with van der Waals surface area (Å²) in [4.78, 5) is 6.45. The number of aliphatic imine (C=N–C) groups is 1. The monoisotopic (exact) mass is 410 g/mol. The van der Waals surface area contributed by atoms with Crippen molar-refractivity contribution in [3.63, 3.8) is 0 Å². The lowest BCUT2D eigenvalue weighted by atomic mass is 10.2. The predicted molar refractivity (Wildman–Crippen MR) is 122 cm³/mol. The Kier molecular flexibility index (Phi) is 8.39. The molecular weight excluding hydrogens is 376 g/mol. The summed E-state index contributed by atoms with van der Waals surface area (Å²) in [6.07, 6.45) is 2.58. The molecule has 162 valence electrons. The first kappa shape index (κ1) is 22.0. The van der Waals surface area contributed by atoms with Gasteiger partial charge in [-0.05, 0) is 56.6 Å². The summed E-state index contributed by atoms with van der Waals surface area (Å²) in [7, 11) is 5.87. The lowest BCUT2D eigenvalue weighted by molar-refractivity contribution is 0.261. The smallest absolute Gasteiger partial charge is 0.191 e. The molecule has 0 saturated heterocycles. The van der Waals surface area contributed by atoms with E-state index in [1.165, 1.54) is 12.8 Å². The van der Waals surface area contributed by atoms with Crippen LogP contribution < -0.4 is 20.1 Å². The van der Waals surface area contributed by atoms with Crippen LogP contribution >= 0.6 is 0 Å². The zero-order valence-electron chi connectivity index (χ0n) is 18.4. The largest absolute Gasteiger partial charge is 0.493 e. The van der Waals surface area contributed by atoms with Crippen LogP contribution in [0.5, 0.6) is 11.5 Å². The maximum Gasteiger partial charge on any atom is 0.191 e. The molecule has 0 atom stereocenters. The molecule has 0 bridgehead atoms. The molecule has 3 rings (SSSR count). The van der Waals surface area contributed by atoms with Gasteiger partial charge < -0.3 is 25.0 Å². The van der Waals surface area contributed by atoms with Gasteiger partial charge >= 0.3 is 0 Å². The quantitative estimate of drug-likeness (QED) is 0.440. The Bertz CT molecular complexity index is 818. The number of benzene rings is 2. The van der Waals surface area contributed by atoms with Gasteiger partial charge in [-0.2, -0.15) is 0 Å². The highest BCUT2D eigenvalue weighted by Crippen LogP contribution is 2.30. The Balaban J connectivity index is 1.47. The van der Waals surface area contributed by atoms with E-state index in [4.69, 9.17) is 9.47 Å². The first-order chi connectivity index (χ1) is 14.6. The summed E-state index contributed by atoms with van der Waals surface area (Å²) in [6, 6.07) is 16.4. The Labute approximate surface area is 180 Å². The number of hydrogen-bond acceptors (Lipinski definition) is 4. The Morgan fingerprint density at radius 1 is 1.03 bits per heavy atom. The molecule has 2 aromatic rings. The first-order valence-electron chi connectivity index (χ1n) is 10.7. The molecule has 30 heavy (non-hydrogen) atoms. The molecule has 1 aliphatic rings. The van der Waals surface area contributed by atoms with E-state index >= 15 is 0 Å². The van der Waals surface area contributed by atoms with Gasteiger partial charge in [0.25, 0.3) is 0 Å². The number of guanidine groups is 1. The van der Waals surface area contributed by atoms with Crippen molar-refractivity contribution >= 4 is 5.96 Å². The number of para-hydroxylation sites is 1. The van der Waals surface area contributed by atoms with Crippen LogP contribution in [-0.4, -0.2) is 51.8 Å². The second kappa shape index (κ2) is 11.5. The van der Waals surface area contributed by atoms with Gasteiger partial charge in [-0.25, -0.2) is 0 Å². The van der Waals surface area contributed by atoms with E-state index in [-0.39, 0.29) is 0 Å². The average molecular weight is 411 g/mol. The van der Waals surface area contributed by atoms with Crippen molar-refractivity contribution in [3.8, 4) is 11.5 Å². The molecule has 2 aromatic carbocycles. The minimum atomic E-state index is 0.661. The van der Waals surface area contributed by atoms with Gasteiger partial charge in [0, 0.05) is 32.2 Å². The zero-order valence-corrected chi connectivity index (χ0v) is 18.4. The standard InChI is InChI=1S/C24H34N4O2/c1-25-24(26-16-20-7-6-9-22(15-20)29-14-13-28(2)3)27-17-21-8-4-5-10-23(21)30-18-19-11-12-19/h4-10,15,19H,11-14,16-18H2,1-3H3,(H2,25,26,27). The average Bonchev–Trinajstić information content (AvgIpc) is 3.58. The Morgan fingerprint density at radius 2 is 1.83 bits per heavy atom. The summed E-state index contributed by atoms with van der Waals surface area (Å²) in [6.45, 7) is 3.72. The SMILES string of the molecule is CN=C(NCc1cccc(OCCN(C)C)c1)NCc1ccccc1OCC1CC1. The second-order valence-corrected chi connectivity index (χ2v) is 7.94. The van der Waals surface area contributed by atoms with Crippen LogP contribution in [0.25, 0.3) is 0 Å². The van der Waals surface area contributed by atoms with Gasteiger partial charge in [0.2, 0.25) is 0 Å². The second-order valence-electron chi connectivity index (χ2n) is 7.94. The third-order valence-corrected chi connectivity index (χ3v) is 4.98. The van der Waals surface area contributed by atoms with Gasteiger partial charge in [-0.15, -0.1) is 0 Å². The topological polar surface area (TPSA) is 58.1 Å². The molecule has 0 spiro atoms. The number of nitrogens with zero attached hydrogens (tertiary/aromatic N) is 2. The molecule has 0 radical (unpaired) electrons. The third kappa shape index (κ3) is 7.59. The fourth-order valence-electron chi connectivity index (χ4n) is 2.96. The van der Waals surface area contributed by atoms with Crippen molar-refractivity contribution in [2.24, 2.45) is 10.9 Å². The van der Waals surface area contributed by atoms with Gasteiger partial charge in [0.05, 0.1) is 6.61 Å². The molecule has 0 aliphatic heterocycles. The predicted octanol–water partition coefficient (Wildman–Crippen LogP) is 3.28. The van der Waals surface area contributed by atoms with Crippen molar-refractivity contribution in [1.82, 2.24) is 15.5 Å². The fourth-order valence-corrected chi connectivity index (χ4v) is 2.96. The van der Waals surface area contributed by atoms with E-state index in [0.29, 0.717) is 19.7 Å². The Morgan fingerprint density at radius 3 is 2.60 bits per heavy atom. The minimum Gasteiger partial charge on any atom is -0.493 e. The summed E-state index contributed by atoms with van der Waals surface area (Å²) >= 11 is 0. The molecule has 6 nitrogen and oxygen atoms in total. The van der Waals surface area contributed by atoms with E-state index < -0.39 is 0 Å². The van der Waals surface area contributed by atoms with Crippen LogP contribution in [0.1, 0.15) is 24.0 Å². The lowest BCUT2D eigenvalue weighted by Crippen LogP contribution is -2.36. The molecule has 0 heterocycles. The van der Waals surface area contributed by atoms with Crippen LogP contribution in [0.4, 0.5) is 0 Å². The van der Waals surface area contributed by atoms with Crippen LogP contribution in [0.15, 0.2) is 53.5 Å². The van der Waals surface area contributed by atoms with Crippen molar-refractivity contribution in [2.45, 2.75) is 25.9 Å². The van der Waals surface area contributed by atoms with Gasteiger partial charge in [-0.1, -0.05) is 30.3 Å². The summed E-state index contributed by atoms with van der Waals surface area (Å²) in [5.74, 6) is 3.34. The number of ether oxygens (including phenoxy) is 2. The highest BCUT2D eigenvalue weighted by molar-refractivity contribution is 5.79. The van der Waals surface area contributed by atoms with Crippen molar-refractivity contribution in [3.05, 3.63) is 59.7 Å². The van der Waals surface area contributed by atoms with Gasteiger partial charge in [-0.3, -0.25) is 4.99 Å².